The van der Waals surface area contributed by atoms with Crippen LogP contribution in [0.3, 0.4) is 0 Å². The molecular formula is C19H16N6O. The number of pyridine rings is 1. The molecule has 0 N–H and O–H groups in total. The third kappa shape index (κ3) is 2.13. The van der Waals surface area contributed by atoms with Gasteiger partial charge >= 0.3 is 0 Å². The van der Waals surface area contributed by atoms with Crippen molar-refractivity contribution in [2.45, 2.75) is 20.4 Å². The predicted octanol–water partition coefficient (Wildman–Crippen LogP) is 3.40. The smallest absolute Gasteiger partial charge is 0.217 e. The lowest BCUT2D eigenvalue weighted by Gasteiger charge is -2.07. The lowest BCUT2D eigenvalue weighted by Crippen LogP contribution is -2.03. The maximum atomic E-state index is 5.43. The van der Waals surface area contributed by atoms with Crippen LogP contribution in [-0.2, 0) is 6.54 Å². The largest absolute Gasteiger partial charge is 0.461 e. The Balaban J connectivity index is 1.73. The Morgan fingerprint density at radius 2 is 2.04 bits per heavy atom. The standard InChI is InChI=1S/C19H16N6O/c1-12-13(2)24(10-14-5-3-7-20-9-14)18-16(12)19-22-17(15-6-4-8-26-15)23-25(19)11-21-18/h3-9,11H,10H2,1-2H3. The van der Waals surface area contributed by atoms with Gasteiger partial charge in [-0.1, -0.05) is 6.07 Å². The summed E-state index contributed by atoms with van der Waals surface area (Å²) in [6.45, 7) is 4.92. The molecule has 5 heterocycles. The summed E-state index contributed by atoms with van der Waals surface area (Å²) in [7, 11) is 0. The van der Waals surface area contributed by atoms with E-state index >= 15 is 0 Å². The minimum atomic E-state index is 0.557. The topological polar surface area (TPSA) is 74.0 Å². The molecule has 5 rings (SSSR count). The molecular weight excluding hydrogens is 328 g/mol. The average Bonchev–Trinajstić information content (AvgIpc) is 3.37. The van der Waals surface area contributed by atoms with E-state index in [0.717, 1.165) is 33.5 Å². The molecule has 0 saturated heterocycles. The Bertz CT molecular complexity index is 1220. The Labute approximate surface area is 149 Å². The maximum absolute atomic E-state index is 5.43. The monoisotopic (exact) mass is 344 g/mol. The van der Waals surface area contributed by atoms with Crippen molar-refractivity contribution in [3.63, 3.8) is 0 Å². The molecule has 7 heteroatoms. The first-order chi connectivity index (χ1) is 12.7. The van der Waals surface area contributed by atoms with E-state index in [-0.39, 0.29) is 0 Å². The number of hydrogen-bond donors (Lipinski definition) is 0. The molecule has 5 aromatic heterocycles. The Morgan fingerprint density at radius 3 is 2.81 bits per heavy atom. The van der Waals surface area contributed by atoms with Gasteiger partial charge in [-0.25, -0.2) is 14.5 Å². The predicted molar refractivity (Wildman–Crippen MR) is 96.8 cm³/mol. The molecule has 0 unspecified atom stereocenters. The van der Waals surface area contributed by atoms with Crippen LogP contribution in [0.4, 0.5) is 0 Å². The summed E-state index contributed by atoms with van der Waals surface area (Å²) >= 11 is 0. The van der Waals surface area contributed by atoms with Crippen LogP contribution in [0.25, 0.3) is 28.3 Å². The van der Waals surface area contributed by atoms with E-state index in [1.807, 2.05) is 24.4 Å². The molecule has 0 bridgehead atoms. The molecule has 5 aromatic rings. The third-order valence-electron chi connectivity index (χ3n) is 4.75. The first-order valence-corrected chi connectivity index (χ1v) is 8.36. The molecule has 0 fully saturated rings. The average molecular weight is 344 g/mol. The van der Waals surface area contributed by atoms with Crippen molar-refractivity contribution in [2.75, 3.05) is 0 Å². The molecule has 0 saturated carbocycles. The Kier molecular flexibility index (Phi) is 3.15. The Hall–Kier alpha value is -3.48. The van der Waals surface area contributed by atoms with Crippen LogP contribution in [0.5, 0.6) is 0 Å². The lowest BCUT2D eigenvalue weighted by atomic mass is 10.2. The van der Waals surface area contributed by atoms with E-state index in [1.165, 1.54) is 0 Å². The highest BCUT2D eigenvalue weighted by molar-refractivity contribution is 5.94. The van der Waals surface area contributed by atoms with E-state index in [2.05, 4.69) is 39.5 Å². The third-order valence-corrected chi connectivity index (χ3v) is 4.75. The van der Waals surface area contributed by atoms with Crippen molar-refractivity contribution in [3.05, 3.63) is 66.1 Å². The minimum absolute atomic E-state index is 0.557. The number of furan rings is 1. The lowest BCUT2D eigenvalue weighted by molar-refractivity contribution is 0.577. The fourth-order valence-electron chi connectivity index (χ4n) is 3.31. The summed E-state index contributed by atoms with van der Waals surface area (Å²) in [5.41, 5.74) is 5.13. The van der Waals surface area contributed by atoms with Gasteiger partial charge in [0.15, 0.2) is 11.4 Å². The van der Waals surface area contributed by atoms with Crippen LogP contribution >= 0.6 is 0 Å². The molecule has 128 valence electrons. The number of rotatable bonds is 3. The van der Waals surface area contributed by atoms with Gasteiger partial charge in [0.25, 0.3) is 0 Å². The van der Waals surface area contributed by atoms with Crippen LogP contribution in [-0.4, -0.2) is 29.1 Å². The fourth-order valence-corrected chi connectivity index (χ4v) is 3.31. The highest BCUT2D eigenvalue weighted by atomic mass is 16.3. The summed E-state index contributed by atoms with van der Waals surface area (Å²) < 4.78 is 9.34. The first-order valence-electron chi connectivity index (χ1n) is 8.36. The zero-order chi connectivity index (χ0) is 17.7. The first kappa shape index (κ1) is 14.8. The zero-order valence-electron chi connectivity index (χ0n) is 14.4. The molecule has 26 heavy (non-hydrogen) atoms. The molecule has 7 nitrogen and oxygen atoms in total. The molecule has 0 aliphatic rings. The van der Waals surface area contributed by atoms with Crippen molar-refractivity contribution in [3.8, 4) is 11.6 Å². The van der Waals surface area contributed by atoms with Crippen LogP contribution in [0.2, 0.25) is 0 Å². The van der Waals surface area contributed by atoms with Crippen molar-refractivity contribution in [1.82, 2.24) is 29.1 Å². The molecule has 0 aliphatic carbocycles. The fraction of sp³-hybridized carbons (Fsp3) is 0.158. The van der Waals surface area contributed by atoms with E-state index in [9.17, 15) is 0 Å². The maximum Gasteiger partial charge on any atom is 0.217 e. The molecule has 0 radical (unpaired) electrons. The molecule has 0 atom stereocenters. The number of fused-ring (bicyclic) bond motifs is 3. The summed E-state index contributed by atoms with van der Waals surface area (Å²) in [6, 6.07) is 7.70. The van der Waals surface area contributed by atoms with Crippen LogP contribution in [0, 0.1) is 13.8 Å². The second-order valence-electron chi connectivity index (χ2n) is 6.28. The van der Waals surface area contributed by atoms with Crippen LogP contribution in [0.15, 0.2) is 53.7 Å². The summed E-state index contributed by atoms with van der Waals surface area (Å²) in [4.78, 5) is 13.6. The second kappa shape index (κ2) is 5.52. The molecule has 0 aliphatic heterocycles. The summed E-state index contributed by atoms with van der Waals surface area (Å²) in [5.74, 6) is 1.20. The van der Waals surface area contributed by atoms with Gasteiger partial charge in [-0.2, -0.15) is 0 Å². The number of nitrogens with zero attached hydrogens (tertiary/aromatic N) is 6. The highest BCUT2D eigenvalue weighted by Gasteiger charge is 2.19. The van der Waals surface area contributed by atoms with Gasteiger partial charge < -0.3 is 8.98 Å². The van der Waals surface area contributed by atoms with Crippen LogP contribution < -0.4 is 0 Å². The highest BCUT2D eigenvalue weighted by Crippen LogP contribution is 2.28. The van der Waals surface area contributed by atoms with Crippen molar-refractivity contribution in [2.24, 2.45) is 0 Å². The zero-order valence-corrected chi connectivity index (χ0v) is 14.4. The molecule has 0 spiro atoms. The SMILES string of the molecule is Cc1c(C)n(Cc2cccnc2)c2ncn3nc(-c4ccco4)nc3c12. The van der Waals surface area contributed by atoms with Crippen LogP contribution in [0.1, 0.15) is 16.8 Å². The van der Waals surface area contributed by atoms with Crippen molar-refractivity contribution in [1.29, 1.82) is 0 Å². The van der Waals surface area contributed by atoms with E-state index in [4.69, 9.17) is 9.40 Å². The van der Waals surface area contributed by atoms with Gasteiger partial charge in [-0.3, -0.25) is 4.98 Å². The van der Waals surface area contributed by atoms with Gasteiger partial charge in [-0.05, 0) is 43.2 Å². The van der Waals surface area contributed by atoms with Gasteiger partial charge in [0, 0.05) is 18.1 Å². The van der Waals surface area contributed by atoms with Gasteiger partial charge in [0.05, 0.1) is 18.2 Å². The summed E-state index contributed by atoms with van der Waals surface area (Å²) in [6.07, 6.45) is 6.99. The normalized spacial score (nSPS) is 11.6. The number of hydrogen-bond acceptors (Lipinski definition) is 5. The second-order valence-corrected chi connectivity index (χ2v) is 6.28. The van der Waals surface area contributed by atoms with Crippen molar-refractivity contribution >= 4 is 16.7 Å². The quantitative estimate of drug-likeness (QED) is 0.501. The van der Waals surface area contributed by atoms with Crippen molar-refractivity contribution < 1.29 is 4.42 Å². The minimum Gasteiger partial charge on any atom is -0.461 e. The summed E-state index contributed by atoms with van der Waals surface area (Å²) in [5, 5.41) is 5.51. The van der Waals surface area contributed by atoms with Gasteiger partial charge in [0.2, 0.25) is 5.82 Å². The van der Waals surface area contributed by atoms with E-state index in [0.29, 0.717) is 18.1 Å². The molecule has 0 amide bonds. The van der Waals surface area contributed by atoms with E-state index in [1.54, 1.807) is 23.3 Å². The number of aryl methyl sites for hydroxylation is 1. The number of aromatic nitrogens is 6. The molecule has 0 aromatic carbocycles. The van der Waals surface area contributed by atoms with Gasteiger partial charge in [0.1, 0.15) is 12.0 Å². The van der Waals surface area contributed by atoms with E-state index < -0.39 is 0 Å². The van der Waals surface area contributed by atoms with Gasteiger partial charge in [-0.15, -0.1) is 5.10 Å². The Morgan fingerprint density at radius 1 is 1.12 bits per heavy atom.